The van der Waals surface area contributed by atoms with E-state index in [9.17, 15) is 13.2 Å². The predicted octanol–water partition coefficient (Wildman–Crippen LogP) is 3.11. The van der Waals surface area contributed by atoms with Crippen LogP contribution in [-0.2, 0) is 14.8 Å². The van der Waals surface area contributed by atoms with E-state index >= 15 is 0 Å². The smallest absolute Gasteiger partial charge is 0.261 e. The van der Waals surface area contributed by atoms with E-state index in [0.29, 0.717) is 0 Å². The molecule has 3 rings (SSSR count). The van der Waals surface area contributed by atoms with Gasteiger partial charge in [-0.15, -0.1) is 0 Å². The van der Waals surface area contributed by atoms with E-state index in [-0.39, 0.29) is 10.8 Å². The van der Waals surface area contributed by atoms with Gasteiger partial charge in [-0.05, 0) is 36.2 Å². The number of benzene rings is 2. The summed E-state index contributed by atoms with van der Waals surface area (Å²) in [6.07, 6.45) is 0. The van der Waals surface area contributed by atoms with Crippen molar-refractivity contribution >= 4 is 39.5 Å². The minimum absolute atomic E-state index is 0.0834. The molecule has 1 aliphatic heterocycles. The van der Waals surface area contributed by atoms with Gasteiger partial charge in [0.1, 0.15) is 6.04 Å². The van der Waals surface area contributed by atoms with E-state index in [1.165, 1.54) is 23.3 Å². The maximum absolute atomic E-state index is 12.7. The molecule has 1 unspecified atom stereocenters. The third-order valence-corrected chi connectivity index (χ3v) is 7.84. The normalized spacial score (nSPS) is 14.5. The highest BCUT2D eigenvalue weighted by atomic mass is 32.2. The van der Waals surface area contributed by atoms with Gasteiger partial charge < -0.3 is 0 Å². The Labute approximate surface area is 160 Å². The summed E-state index contributed by atoms with van der Waals surface area (Å²) in [7, 11) is -3.92. The lowest BCUT2D eigenvalue weighted by Crippen LogP contribution is -2.48. The molecule has 1 amide bonds. The summed E-state index contributed by atoms with van der Waals surface area (Å²) in [6.45, 7) is 3.39. The molecule has 0 spiro atoms. The van der Waals surface area contributed by atoms with Gasteiger partial charge in [0.25, 0.3) is 5.91 Å². The van der Waals surface area contributed by atoms with E-state index in [1.807, 2.05) is 24.3 Å². The fourth-order valence-electron chi connectivity index (χ4n) is 2.47. The molecule has 0 saturated heterocycles. The standard InChI is InChI=1S/C17H18N2O4S3/c1-10(2)16(17(20)18-21)19-26(22,23)11-7-8-14-15(9-11)25-13-6-4-3-5-12(13)24-14/h3-10,16,19,21H,1-2H3,(H,18,20). The monoisotopic (exact) mass is 410 g/mol. The summed E-state index contributed by atoms with van der Waals surface area (Å²) in [6, 6.07) is 11.8. The quantitative estimate of drug-likeness (QED) is 0.442. The van der Waals surface area contributed by atoms with Crippen LogP contribution < -0.4 is 10.2 Å². The molecule has 0 fully saturated rings. The Hall–Kier alpha value is -1.52. The second-order valence-corrected chi connectivity index (χ2v) is 9.96. The predicted molar refractivity (Wildman–Crippen MR) is 100 cm³/mol. The molecule has 1 aliphatic rings. The van der Waals surface area contributed by atoms with Crippen LogP contribution in [0.4, 0.5) is 0 Å². The van der Waals surface area contributed by atoms with Crippen molar-refractivity contribution in [1.82, 2.24) is 10.2 Å². The molecule has 9 heteroatoms. The summed E-state index contributed by atoms with van der Waals surface area (Å²) >= 11 is 3.11. The van der Waals surface area contributed by atoms with Gasteiger partial charge in [-0.3, -0.25) is 10.0 Å². The number of amides is 1. The summed E-state index contributed by atoms with van der Waals surface area (Å²) in [5.74, 6) is -1.12. The van der Waals surface area contributed by atoms with Crippen molar-refractivity contribution in [3.63, 3.8) is 0 Å². The molecule has 0 aliphatic carbocycles. The Morgan fingerprint density at radius 3 is 2.15 bits per heavy atom. The summed E-state index contributed by atoms with van der Waals surface area (Å²) < 4.78 is 27.8. The lowest BCUT2D eigenvalue weighted by molar-refractivity contribution is -0.131. The number of hydrogen-bond donors (Lipinski definition) is 3. The number of nitrogens with one attached hydrogen (secondary N) is 2. The summed E-state index contributed by atoms with van der Waals surface area (Å²) in [5, 5.41) is 8.83. The Balaban J connectivity index is 1.89. The van der Waals surface area contributed by atoms with Crippen LogP contribution in [0, 0.1) is 5.92 Å². The average Bonchev–Trinajstić information content (AvgIpc) is 2.63. The van der Waals surface area contributed by atoms with Crippen LogP contribution in [0.2, 0.25) is 0 Å². The van der Waals surface area contributed by atoms with Crippen LogP contribution in [0.15, 0.2) is 66.9 Å². The first kappa shape index (κ1) is 19.2. The molecule has 26 heavy (non-hydrogen) atoms. The van der Waals surface area contributed by atoms with Gasteiger partial charge in [0.05, 0.1) is 4.90 Å². The SMILES string of the molecule is CC(C)C(NS(=O)(=O)c1ccc2c(c1)Sc1ccccc1S2)C(=O)NO. The molecule has 2 aromatic rings. The molecule has 1 atom stereocenters. The van der Waals surface area contributed by atoms with Crippen LogP contribution >= 0.6 is 23.5 Å². The number of sulfonamides is 1. The lowest BCUT2D eigenvalue weighted by Gasteiger charge is -2.21. The Morgan fingerprint density at radius 1 is 1.00 bits per heavy atom. The van der Waals surface area contributed by atoms with E-state index in [4.69, 9.17) is 5.21 Å². The molecule has 1 heterocycles. The Kier molecular flexibility index (Phi) is 5.64. The number of rotatable bonds is 5. The number of hydrogen-bond acceptors (Lipinski definition) is 6. The fourth-order valence-corrected chi connectivity index (χ4v) is 6.17. The molecule has 138 valence electrons. The van der Waals surface area contributed by atoms with Gasteiger partial charge in [0.2, 0.25) is 10.0 Å². The number of carbonyl (C=O) groups excluding carboxylic acids is 1. The zero-order valence-electron chi connectivity index (χ0n) is 14.1. The third-order valence-electron chi connectivity index (χ3n) is 3.86. The highest BCUT2D eigenvalue weighted by molar-refractivity contribution is 8.05. The van der Waals surface area contributed by atoms with Gasteiger partial charge in [-0.1, -0.05) is 49.5 Å². The van der Waals surface area contributed by atoms with E-state index in [2.05, 4.69) is 4.72 Å². The number of fused-ring (bicyclic) bond motifs is 2. The second-order valence-electron chi connectivity index (χ2n) is 6.08. The van der Waals surface area contributed by atoms with E-state index < -0.39 is 22.0 Å². The van der Waals surface area contributed by atoms with Gasteiger partial charge in [0.15, 0.2) is 0 Å². The van der Waals surface area contributed by atoms with E-state index in [1.54, 1.807) is 37.7 Å². The van der Waals surface area contributed by atoms with Crippen LogP contribution in [0.3, 0.4) is 0 Å². The van der Waals surface area contributed by atoms with Crippen LogP contribution in [0.25, 0.3) is 0 Å². The zero-order chi connectivity index (χ0) is 18.9. The molecule has 0 radical (unpaired) electrons. The lowest BCUT2D eigenvalue weighted by atomic mass is 10.1. The molecule has 0 saturated carbocycles. The summed E-state index contributed by atoms with van der Waals surface area (Å²) in [5.41, 5.74) is 1.51. The molecule has 2 aromatic carbocycles. The second kappa shape index (κ2) is 7.61. The topological polar surface area (TPSA) is 95.5 Å². The highest BCUT2D eigenvalue weighted by Gasteiger charge is 2.29. The Morgan fingerprint density at radius 2 is 1.58 bits per heavy atom. The van der Waals surface area contributed by atoms with Crippen molar-refractivity contribution in [2.24, 2.45) is 5.92 Å². The maximum Gasteiger partial charge on any atom is 0.261 e. The van der Waals surface area contributed by atoms with Crippen molar-refractivity contribution in [2.75, 3.05) is 0 Å². The largest absolute Gasteiger partial charge is 0.289 e. The minimum atomic E-state index is -3.92. The highest BCUT2D eigenvalue weighted by Crippen LogP contribution is 2.48. The zero-order valence-corrected chi connectivity index (χ0v) is 16.5. The molecule has 0 bridgehead atoms. The van der Waals surface area contributed by atoms with Gasteiger partial charge in [0, 0.05) is 19.6 Å². The van der Waals surface area contributed by atoms with E-state index in [0.717, 1.165) is 19.6 Å². The van der Waals surface area contributed by atoms with Crippen LogP contribution in [0.1, 0.15) is 13.8 Å². The fraction of sp³-hybridized carbons (Fsp3) is 0.235. The molecule has 0 aromatic heterocycles. The minimum Gasteiger partial charge on any atom is -0.289 e. The first-order valence-electron chi connectivity index (χ1n) is 7.87. The number of hydroxylamine groups is 1. The molecular weight excluding hydrogens is 392 g/mol. The maximum atomic E-state index is 12.7. The number of carbonyl (C=O) groups is 1. The molecule has 3 N–H and O–H groups in total. The molecule has 6 nitrogen and oxygen atoms in total. The van der Waals surface area contributed by atoms with Crippen LogP contribution in [-0.4, -0.2) is 25.6 Å². The van der Waals surface area contributed by atoms with Crippen molar-refractivity contribution in [3.05, 3.63) is 42.5 Å². The van der Waals surface area contributed by atoms with Gasteiger partial charge in [-0.2, -0.15) is 4.72 Å². The molecular formula is C17H18N2O4S3. The van der Waals surface area contributed by atoms with Crippen molar-refractivity contribution in [3.8, 4) is 0 Å². The van der Waals surface area contributed by atoms with Crippen molar-refractivity contribution in [1.29, 1.82) is 0 Å². The first-order valence-corrected chi connectivity index (χ1v) is 11.0. The van der Waals surface area contributed by atoms with Crippen LogP contribution in [0.5, 0.6) is 0 Å². The van der Waals surface area contributed by atoms with Gasteiger partial charge >= 0.3 is 0 Å². The first-order chi connectivity index (χ1) is 12.3. The Bertz CT molecular complexity index is 945. The average molecular weight is 411 g/mol. The van der Waals surface area contributed by atoms with Crippen molar-refractivity contribution < 1.29 is 18.4 Å². The van der Waals surface area contributed by atoms with Crippen molar-refractivity contribution in [2.45, 2.75) is 44.4 Å². The van der Waals surface area contributed by atoms with Gasteiger partial charge in [-0.25, -0.2) is 13.9 Å². The summed E-state index contributed by atoms with van der Waals surface area (Å²) in [4.78, 5) is 15.9. The third kappa shape index (κ3) is 3.91.